The fourth-order valence-corrected chi connectivity index (χ4v) is 5.06. The van der Waals surface area contributed by atoms with Crippen LogP contribution >= 0.6 is 0 Å². The molecule has 33 heavy (non-hydrogen) atoms. The van der Waals surface area contributed by atoms with Crippen molar-refractivity contribution < 1.29 is 5.11 Å². The standard InChI is InChI=1S/C29H19N3O/c33-20-13-14-22-24-17-27-23(18-28(24)32(26(22)16-20)29-12-6-7-15-30-29)21-10-4-5-11-25(21)31(27)19-8-2-1-3-9-19/h1-18,33H. The van der Waals surface area contributed by atoms with Gasteiger partial charge in [-0.25, -0.2) is 4.98 Å². The second-order valence-electron chi connectivity index (χ2n) is 8.30. The summed E-state index contributed by atoms with van der Waals surface area (Å²) >= 11 is 0. The van der Waals surface area contributed by atoms with Crippen LogP contribution in [-0.2, 0) is 0 Å². The SMILES string of the molecule is Oc1ccc2c3cc4c(cc3n(-c3ccccn3)c2c1)c1ccccc1n4-c1ccccc1. The van der Waals surface area contributed by atoms with Crippen LogP contribution in [0, 0.1) is 0 Å². The maximum absolute atomic E-state index is 10.3. The van der Waals surface area contributed by atoms with Gasteiger partial charge in [-0.1, -0.05) is 42.5 Å². The third-order valence-corrected chi connectivity index (χ3v) is 6.44. The Balaban J connectivity index is 1.71. The summed E-state index contributed by atoms with van der Waals surface area (Å²) in [5, 5.41) is 14.9. The predicted octanol–water partition coefficient (Wildman–Crippen LogP) is 6.98. The number of benzene rings is 4. The zero-order chi connectivity index (χ0) is 21.9. The first-order chi connectivity index (χ1) is 16.3. The van der Waals surface area contributed by atoms with Crippen molar-refractivity contribution >= 4 is 43.6 Å². The normalized spacial score (nSPS) is 11.8. The molecule has 3 heterocycles. The van der Waals surface area contributed by atoms with Crippen molar-refractivity contribution in [2.45, 2.75) is 0 Å². The van der Waals surface area contributed by atoms with E-state index in [2.05, 4.69) is 74.8 Å². The monoisotopic (exact) mass is 425 g/mol. The van der Waals surface area contributed by atoms with Gasteiger partial charge in [0.1, 0.15) is 11.6 Å². The second-order valence-corrected chi connectivity index (χ2v) is 8.30. The van der Waals surface area contributed by atoms with Crippen molar-refractivity contribution in [2.75, 3.05) is 0 Å². The van der Waals surface area contributed by atoms with Crippen LogP contribution in [0.1, 0.15) is 0 Å². The van der Waals surface area contributed by atoms with E-state index in [1.165, 1.54) is 16.3 Å². The molecule has 0 aliphatic heterocycles. The minimum atomic E-state index is 0.242. The molecule has 0 aliphatic rings. The predicted molar refractivity (Wildman–Crippen MR) is 135 cm³/mol. The van der Waals surface area contributed by atoms with E-state index in [0.29, 0.717) is 0 Å². The van der Waals surface area contributed by atoms with Gasteiger partial charge in [-0.3, -0.25) is 4.57 Å². The molecule has 4 nitrogen and oxygen atoms in total. The zero-order valence-corrected chi connectivity index (χ0v) is 17.7. The van der Waals surface area contributed by atoms with Crippen molar-refractivity contribution in [3.05, 3.63) is 109 Å². The third kappa shape index (κ3) is 2.55. The van der Waals surface area contributed by atoms with Gasteiger partial charge in [0.2, 0.25) is 0 Å². The second kappa shape index (κ2) is 6.71. The maximum Gasteiger partial charge on any atom is 0.137 e. The van der Waals surface area contributed by atoms with E-state index in [-0.39, 0.29) is 5.75 Å². The Bertz CT molecular complexity index is 1810. The summed E-state index contributed by atoms with van der Waals surface area (Å²) in [6.07, 6.45) is 1.80. The van der Waals surface area contributed by atoms with Gasteiger partial charge >= 0.3 is 0 Å². The Labute approximate surface area is 189 Å². The van der Waals surface area contributed by atoms with E-state index in [1.54, 1.807) is 12.3 Å². The lowest BCUT2D eigenvalue weighted by atomic mass is 10.1. The summed E-state index contributed by atoms with van der Waals surface area (Å²) in [7, 11) is 0. The Morgan fingerprint density at radius 1 is 0.515 bits per heavy atom. The molecule has 0 saturated carbocycles. The molecule has 0 amide bonds. The van der Waals surface area contributed by atoms with Crippen molar-refractivity contribution in [1.82, 2.24) is 14.1 Å². The van der Waals surface area contributed by atoms with Gasteiger partial charge in [-0.2, -0.15) is 0 Å². The van der Waals surface area contributed by atoms with Crippen molar-refractivity contribution in [1.29, 1.82) is 0 Å². The van der Waals surface area contributed by atoms with E-state index in [1.807, 2.05) is 36.4 Å². The van der Waals surface area contributed by atoms with Crippen molar-refractivity contribution in [3.8, 4) is 17.3 Å². The summed E-state index contributed by atoms with van der Waals surface area (Å²) in [4.78, 5) is 4.62. The van der Waals surface area contributed by atoms with Crippen LogP contribution in [0.25, 0.3) is 55.1 Å². The van der Waals surface area contributed by atoms with Crippen LogP contribution in [0.5, 0.6) is 5.75 Å². The van der Waals surface area contributed by atoms with E-state index in [4.69, 9.17) is 0 Å². The number of para-hydroxylation sites is 2. The number of hydrogen-bond acceptors (Lipinski definition) is 2. The van der Waals surface area contributed by atoms with E-state index >= 15 is 0 Å². The topological polar surface area (TPSA) is 43.0 Å². The Morgan fingerprint density at radius 3 is 1.97 bits per heavy atom. The van der Waals surface area contributed by atoms with Crippen molar-refractivity contribution in [3.63, 3.8) is 0 Å². The highest BCUT2D eigenvalue weighted by Gasteiger charge is 2.18. The number of phenols is 1. The molecule has 3 aromatic heterocycles. The molecule has 1 N–H and O–H groups in total. The fourth-order valence-electron chi connectivity index (χ4n) is 5.06. The van der Waals surface area contributed by atoms with Crippen LogP contribution in [-0.4, -0.2) is 19.2 Å². The Hall–Kier alpha value is -4.57. The molecule has 0 fully saturated rings. The molecule has 7 aromatic rings. The van der Waals surface area contributed by atoms with Gasteiger partial charge in [0.05, 0.1) is 22.1 Å². The van der Waals surface area contributed by atoms with Crippen LogP contribution in [0.4, 0.5) is 0 Å². The summed E-state index contributed by atoms with van der Waals surface area (Å²) in [5.41, 5.74) is 5.47. The third-order valence-electron chi connectivity index (χ3n) is 6.44. The highest BCUT2D eigenvalue weighted by Crippen LogP contribution is 2.39. The molecule has 4 heteroatoms. The highest BCUT2D eigenvalue weighted by molar-refractivity contribution is 6.19. The van der Waals surface area contributed by atoms with Gasteiger partial charge in [0.15, 0.2) is 0 Å². The van der Waals surface area contributed by atoms with Gasteiger partial charge in [-0.15, -0.1) is 0 Å². The first-order valence-corrected chi connectivity index (χ1v) is 11.0. The number of hydrogen-bond donors (Lipinski definition) is 1. The van der Waals surface area contributed by atoms with Gasteiger partial charge < -0.3 is 9.67 Å². The lowest BCUT2D eigenvalue weighted by Crippen LogP contribution is -1.96. The van der Waals surface area contributed by atoms with Gasteiger partial charge in [-0.05, 0) is 54.6 Å². The summed E-state index contributed by atoms with van der Waals surface area (Å²) in [6, 6.07) is 35.0. The number of pyridine rings is 1. The lowest BCUT2D eigenvalue weighted by molar-refractivity contribution is 0.476. The zero-order valence-electron chi connectivity index (χ0n) is 17.7. The smallest absolute Gasteiger partial charge is 0.137 e. The van der Waals surface area contributed by atoms with Gasteiger partial charge in [0.25, 0.3) is 0 Å². The first kappa shape index (κ1) is 18.0. The molecule has 0 bridgehead atoms. The molecular weight excluding hydrogens is 406 g/mol. The molecule has 0 unspecified atom stereocenters. The van der Waals surface area contributed by atoms with Crippen LogP contribution in [0.3, 0.4) is 0 Å². The van der Waals surface area contributed by atoms with E-state index in [9.17, 15) is 5.11 Å². The Kier molecular flexibility index (Phi) is 3.67. The number of rotatable bonds is 2. The lowest BCUT2D eigenvalue weighted by Gasteiger charge is -2.08. The minimum absolute atomic E-state index is 0.242. The largest absolute Gasteiger partial charge is 0.508 e. The summed E-state index contributed by atoms with van der Waals surface area (Å²) in [6.45, 7) is 0. The maximum atomic E-state index is 10.3. The number of phenolic OH excluding ortho intramolecular Hbond substituents is 1. The van der Waals surface area contributed by atoms with Crippen LogP contribution in [0.2, 0.25) is 0 Å². The molecule has 0 saturated heterocycles. The Morgan fingerprint density at radius 2 is 1.18 bits per heavy atom. The minimum Gasteiger partial charge on any atom is -0.508 e. The van der Waals surface area contributed by atoms with E-state index < -0.39 is 0 Å². The first-order valence-electron chi connectivity index (χ1n) is 11.0. The molecule has 7 rings (SSSR count). The molecule has 156 valence electrons. The molecule has 0 atom stereocenters. The van der Waals surface area contributed by atoms with Crippen LogP contribution < -0.4 is 0 Å². The number of aromatic hydroxyl groups is 1. The number of fused-ring (bicyclic) bond motifs is 6. The average molecular weight is 425 g/mol. The average Bonchev–Trinajstić information content (AvgIpc) is 3.35. The number of nitrogens with zero attached hydrogens (tertiary/aromatic N) is 3. The molecule has 0 radical (unpaired) electrons. The summed E-state index contributed by atoms with van der Waals surface area (Å²) < 4.78 is 4.47. The molecular formula is C29H19N3O. The summed E-state index contributed by atoms with van der Waals surface area (Å²) in [5.74, 6) is 1.07. The number of aromatic nitrogens is 3. The quantitative estimate of drug-likeness (QED) is 0.325. The molecule has 4 aromatic carbocycles. The molecule has 0 spiro atoms. The van der Waals surface area contributed by atoms with E-state index in [0.717, 1.165) is 38.8 Å². The van der Waals surface area contributed by atoms with Gasteiger partial charge in [0, 0.05) is 39.5 Å². The van der Waals surface area contributed by atoms with Crippen molar-refractivity contribution in [2.24, 2.45) is 0 Å². The fraction of sp³-hybridized carbons (Fsp3) is 0. The van der Waals surface area contributed by atoms with Crippen LogP contribution in [0.15, 0.2) is 109 Å². The molecule has 0 aliphatic carbocycles. The highest BCUT2D eigenvalue weighted by atomic mass is 16.3.